The summed E-state index contributed by atoms with van der Waals surface area (Å²) in [5, 5.41) is 5.65. The van der Waals surface area contributed by atoms with Crippen LogP contribution >= 0.6 is 0 Å². The summed E-state index contributed by atoms with van der Waals surface area (Å²) in [5.74, 6) is -0.151. The van der Waals surface area contributed by atoms with Crippen molar-refractivity contribution < 1.29 is 19.2 Å². The first-order valence-electron chi connectivity index (χ1n) is 10.8. The molecule has 0 aromatic rings. The second-order valence-electron chi connectivity index (χ2n) is 7.59. The maximum Gasteiger partial charge on any atom is 0.324 e. The van der Waals surface area contributed by atoms with Crippen LogP contribution in [0, 0.1) is 0 Å². The average molecular weight is 395 g/mol. The van der Waals surface area contributed by atoms with Crippen LogP contribution in [0.2, 0.25) is 0 Å². The van der Waals surface area contributed by atoms with Gasteiger partial charge in [-0.3, -0.25) is 19.4 Å². The highest BCUT2D eigenvalue weighted by Crippen LogP contribution is 2.12. The topological polar surface area (TPSA) is 98.8 Å². The summed E-state index contributed by atoms with van der Waals surface area (Å²) in [6, 6.07) is -0.553. The van der Waals surface area contributed by atoms with Gasteiger partial charge in [0.1, 0.15) is 0 Å². The van der Waals surface area contributed by atoms with Crippen LogP contribution in [-0.2, 0) is 9.59 Å². The maximum absolute atomic E-state index is 12.1. The van der Waals surface area contributed by atoms with Gasteiger partial charge in [-0.25, -0.2) is 9.59 Å². The minimum absolute atomic E-state index is 0.0753. The number of rotatable bonds is 7. The smallest absolute Gasteiger partial charge is 0.324 e. The third kappa shape index (κ3) is 7.48. The predicted molar refractivity (Wildman–Crippen MR) is 106 cm³/mol. The number of nitrogens with one attached hydrogen (secondary N) is 2. The highest BCUT2D eigenvalue weighted by molar-refractivity contribution is 5.95. The van der Waals surface area contributed by atoms with Gasteiger partial charge in [-0.05, 0) is 38.5 Å². The van der Waals surface area contributed by atoms with E-state index in [2.05, 4.69) is 10.6 Å². The monoisotopic (exact) mass is 394 g/mol. The first kappa shape index (κ1) is 22.2. The fourth-order valence-electron chi connectivity index (χ4n) is 3.58. The van der Waals surface area contributed by atoms with Gasteiger partial charge in [-0.2, -0.15) is 0 Å². The van der Waals surface area contributed by atoms with Gasteiger partial charge in [0.05, 0.1) is 0 Å². The second-order valence-corrected chi connectivity index (χ2v) is 7.59. The summed E-state index contributed by atoms with van der Waals surface area (Å²) in [7, 11) is 0. The lowest BCUT2D eigenvalue weighted by molar-refractivity contribution is -0.128. The molecule has 2 aliphatic heterocycles. The van der Waals surface area contributed by atoms with Gasteiger partial charge in [0.15, 0.2) is 0 Å². The number of unbranched alkanes of at least 4 members (excludes halogenated alkanes) is 3. The van der Waals surface area contributed by atoms with Crippen molar-refractivity contribution in [2.45, 2.75) is 77.0 Å². The first-order valence-corrected chi connectivity index (χ1v) is 10.8. The molecule has 0 atom stereocenters. The minimum atomic E-state index is -0.277. The summed E-state index contributed by atoms with van der Waals surface area (Å²) in [5.41, 5.74) is 0. The summed E-state index contributed by atoms with van der Waals surface area (Å²) in [6.07, 6.45) is 9.97. The molecule has 158 valence electrons. The number of likely N-dealkylation sites (tertiary alicyclic amines) is 2. The van der Waals surface area contributed by atoms with E-state index in [4.69, 9.17) is 0 Å². The molecule has 2 aliphatic rings. The Labute approximate surface area is 167 Å². The van der Waals surface area contributed by atoms with Gasteiger partial charge < -0.3 is 10.6 Å². The van der Waals surface area contributed by atoms with Crippen molar-refractivity contribution in [3.8, 4) is 0 Å². The van der Waals surface area contributed by atoms with Crippen LogP contribution in [0.3, 0.4) is 0 Å². The summed E-state index contributed by atoms with van der Waals surface area (Å²) >= 11 is 0. The van der Waals surface area contributed by atoms with Crippen LogP contribution in [0.1, 0.15) is 77.0 Å². The molecule has 8 nitrogen and oxygen atoms in total. The molecule has 28 heavy (non-hydrogen) atoms. The number of nitrogens with zero attached hydrogens (tertiary/aromatic N) is 2. The van der Waals surface area contributed by atoms with Crippen LogP contribution in [0.4, 0.5) is 9.59 Å². The molecule has 6 amide bonds. The highest BCUT2D eigenvalue weighted by atomic mass is 16.2. The molecule has 2 rings (SSSR count). The van der Waals surface area contributed by atoms with Crippen molar-refractivity contribution in [1.29, 1.82) is 0 Å². The van der Waals surface area contributed by atoms with E-state index in [-0.39, 0.29) is 23.9 Å². The highest BCUT2D eigenvalue weighted by Gasteiger charge is 2.23. The van der Waals surface area contributed by atoms with Crippen molar-refractivity contribution >= 4 is 23.9 Å². The lowest BCUT2D eigenvalue weighted by Crippen LogP contribution is -2.44. The van der Waals surface area contributed by atoms with E-state index < -0.39 is 0 Å². The quantitative estimate of drug-likeness (QED) is 0.649. The summed E-state index contributed by atoms with van der Waals surface area (Å²) in [4.78, 5) is 50.6. The van der Waals surface area contributed by atoms with Gasteiger partial charge in [-0.1, -0.05) is 25.7 Å². The molecule has 0 aromatic heterocycles. The first-order chi connectivity index (χ1) is 13.6. The molecule has 0 unspecified atom stereocenters. The lowest BCUT2D eigenvalue weighted by atomic mass is 10.2. The fraction of sp³-hybridized carbons (Fsp3) is 0.800. The number of carbonyl (C=O) groups is 4. The molecular weight excluding hydrogens is 360 g/mol. The Bertz CT molecular complexity index is 504. The fourth-order valence-corrected chi connectivity index (χ4v) is 3.58. The molecule has 2 N–H and O–H groups in total. The van der Waals surface area contributed by atoms with Crippen LogP contribution in [0.25, 0.3) is 0 Å². The molecule has 2 fully saturated rings. The predicted octanol–water partition coefficient (Wildman–Crippen LogP) is 2.77. The van der Waals surface area contributed by atoms with Crippen molar-refractivity contribution in [2.75, 3.05) is 26.2 Å². The maximum atomic E-state index is 12.1. The van der Waals surface area contributed by atoms with Gasteiger partial charge in [0, 0.05) is 39.0 Å². The standard InChI is InChI=1S/C20H34N4O4/c25-17-11-5-3-9-15-23(17)19(27)21-13-7-1-2-8-14-22-20(28)24-16-10-4-6-12-18(24)26/h1-16H2,(H,21,27)(H,22,28). The lowest BCUT2D eigenvalue weighted by Gasteiger charge is -2.19. The molecular formula is C20H34N4O4. The second kappa shape index (κ2) is 12.4. The van der Waals surface area contributed by atoms with Gasteiger partial charge in [0.2, 0.25) is 11.8 Å². The third-order valence-electron chi connectivity index (χ3n) is 5.29. The van der Waals surface area contributed by atoms with Crippen LogP contribution in [0.5, 0.6) is 0 Å². The SMILES string of the molecule is O=C1CCCCCN1C(=O)NCCCCCCNC(=O)N1CCCCCC1=O. The third-order valence-corrected chi connectivity index (χ3v) is 5.29. The van der Waals surface area contributed by atoms with Crippen LogP contribution in [-0.4, -0.2) is 59.9 Å². The molecule has 2 saturated heterocycles. The van der Waals surface area contributed by atoms with Gasteiger partial charge >= 0.3 is 12.1 Å². The largest absolute Gasteiger partial charge is 0.338 e. The molecule has 0 spiro atoms. The van der Waals surface area contributed by atoms with E-state index in [1.54, 1.807) is 0 Å². The summed E-state index contributed by atoms with van der Waals surface area (Å²) in [6.45, 7) is 2.14. The van der Waals surface area contributed by atoms with Gasteiger partial charge in [0.25, 0.3) is 0 Å². The molecule has 0 aliphatic carbocycles. The van der Waals surface area contributed by atoms with E-state index in [0.29, 0.717) is 39.0 Å². The molecule has 2 heterocycles. The zero-order valence-corrected chi connectivity index (χ0v) is 16.8. The number of hydrogen-bond acceptors (Lipinski definition) is 4. The Morgan fingerprint density at radius 1 is 0.643 bits per heavy atom. The van der Waals surface area contributed by atoms with Crippen LogP contribution < -0.4 is 10.6 Å². The van der Waals surface area contributed by atoms with E-state index in [0.717, 1.165) is 64.2 Å². The van der Waals surface area contributed by atoms with Crippen LogP contribution in [0.15, 0.2) is 0 Å². The molecule has 0 saturated carbocycles. The van der Waals surface area contributed by atoms with E-state index in [1.165, 1.54) is 9.80 Å². The average Bonchev–Trinajstić information content (AvgIpc) is 3.03. The van der Waals surface area contributed by atoms with Crippen molar-refractivity contribution in [1.82, 2.24) is 20.4 Å². The van der Waals surface area contributed by atoms with Crippen molar-refractivity contribution in [3.63, 3.8) is 0 Å². The Balaban J connectivity index is 1.50. The van der Waals surface area contributed by atoms with Crippen molar-refractivity contribution in [3.05, 3.63) is 0 Å². The number of hydrogen-bond donors (Lipinski definition) is 2. The Kier molecular flexibility index (Phi) is 9.79. The van der Waals surface area contributed by atoms with E-state index in [9.17, 15) is 19.2 Å². The van der Waals surface area contributed by atoms with Crippen molar-refractivity contribution in [2.24, 2.45) is 0 Å². The molecule has 8 heteroatoms. The Morgan fingerprint density at radius 2 is 1.07 bits per heavy atom. The zero-order valence-electron chi connectivity index (χ0n) is 16.8. The number of amides is 6. The molecule has 0 bridgehead atoms. The Morgan fingerprint density at radius 3 is 1.50 bits per heavy atom. The minimum Gasteiger partial charge on any atom is -0.338 e. The molecule has 0 radical (unpaired) electrons. The van der Waals surface area contributed by atoms with E-state index in [1.807, 2.05) is 0 Å². The number of carbonyl (C=O) groups excluding carboxylic acids is 4. The number of imide groups is 2. The van der Waals surface area contributed by atoms with Gasteiger partial charge in [-0.15, -0.1) is 0 Å². The molecule has 0 aromatic carbocycles. The number of urea groups is 2. The Hall–Kier alpha value is -2.12. The normalized spacial score (nSPS) is 18.4. The van der Waals surface area contributed by atoms with E-state index >= 15 is 0 Å². The zero-order chi connectivity index (χ0) is 20.2. The summed E-state index contributed by atoms with van der Waals surface area (Å²) < 4.78 is 0.